The minimum atomic E-state index is -0.0618. The number of fused-ring (bicyclic) bond motifs is 12. The summed E-state index contributed by atoms with van der Waals surface area (Å²) >= 11 is 2.08. The Hall–Kier alpha value is -6.56. The van der Waals surface area contributed by atoms with Crippen molar-refractivity contribution in [3.05, 3.63) is 196 Å². The number of nitrogens with zero attached hydrogens (tertiary/aromatic N) is 3. The average molecular weight is 1050 g/mol. The fourth-order valence-corrected chi connectivity index (χ4v) is 16.8. The summed E-state index contributed by atoms with van der Waals surface area (Å²) in [4.78, 5) is 8.04. The lowest BCUT2D eigenvalue weighted by atomic mass is 9.36. The van der Waals surface area contributed by atoms with Gasteiger partial charge in [0.2, 0.25) is 0 Å². The van der Waals surface area contributed by atoms with Crippen LogP contribution in [0.2, 0.25) is 0 Å². The largest absolute Gasteiger partial charge is 0.311 e. The molecule has 398 valence electrons. The predicted octanol–water partition coefficient (Wildman–Crippen LogP) is 19.2. The van der Waals surface area contributed by atoms with Gasteiger partial charge in [-0.3, -0.25) is 0 Å². The molecule has 0 N–H and O–H groups in total. The molecule has 3 heterocycles. The summed E-state index contributed by atoms with van der Waals surface area (Å²) in [6, 6.07) is 53.3. The van der Waals surface area contributed by atoms with Gasteiger partial charge in [-0.1, -0.05) is 162 Å². The van der Waals surface area contributed by atoms with Crippen LogP contribution in [0.5, 0.6) is 0 Å². The van der Waals surface area contributed by atoms with Crippen LogP contribution in [0.4, 0.5) is 51.2 Å². The Kier molecular flexibility index (Phi) is 11.0. The average Bonchev–Trinajstić information content (AvgIpc) is 3.58. The first-order valence-electron chi connectivity index (χ1n) is 29.6. The second-order valence-corrected chi connectivity index (χ2v) is 29.7. The zero-order chi connectivity index (χ0) is 54.9. The maximum atomic E-state index is 2.78. The maximum Gasteiger partial charge on any atom is 0.264 e. The van der Waals surface area contributed by atoms with Crippen LogP contribution in [-0.2, 0) is 32.5 Å². The lowest BCUT2D eigenvalue weighted by Crippen LogP contribution is -2.60. The molecule has 0 spiro atoms. The van der Waals surface area contributed by atoms with E-state index < -0.39 is 0 Å². The Morgan fingerprint density at radius 2 is 1.22 bits per heavy atom. The summed E-state index contributed by atoms with van der Waals surface area (Å²) in [6.07, 6.45) is 15.1. The highest BCUT2D eigenvalue weighted by atomic mass is 32.1. The van der Waals surface area contributed by atoms with Gasteiger partial charge in [-0.2, -0.15) is 0 Å². The van der Waals surface area contributed by atoms with Crippen molar-refractivity contribution in [2.24, 2.45) is 0 Å². The summed E-state index contributed by atoms with van der Waals surface area (Å²) in [5, 5.41) is 1.40. The normalized spacial score (nSPS) is 21.1. The number of allylic oxidation sites excluding steroid dienone is 4. The van der Waals surface area contributed by atoms with Crippen LogP contribution in [0.3, 0.4) is 0 Å². The number of para-hydroxylation sites is 2. The van der Waals surface area contributed by atoms with Crippen molar-refractivity contribution in [1.82, 2.24) is 0 Å². The highest BCUT2D eigenvalue weighted by molar-refractivity contribution is 7.33. The summed E-state index contributed by atoms with van der Waals surface area (Å²) in [7, 11) is 0. The molecule has 3 nitrogen and oxygen atoms in total. The third-order valence-corrected chi connectivity index (χ3v) is 21.4. The number of rotatable bonds is 6. The molecule has 2 unspecified atom stereocenters. The minimum Gasteiger partial charge on any atom is -0.311 e. The van der Waals surface area contributed by atoms with Crippen LogP contribution >= 0.6 is 11.3 Å². The molecule has 6 aliphatic rings. The highest BCUT2D eigenvalue weighted by Crippen LogP contribution is 2.63. The van der Waals surface area contributed by atoms with E-state index in [-0.39, 0.29) is 39.2 Å². The molecule has 7 aromatic carbocycles. The Morgan fingerprint density at radius 3 is 1.90 bits per heavy atom. The monoisotopic (exact) mass is 1050 g/mol. The minimum absolute atomic E-state index is 0.0141. The highest BCUT2D eigenvalue weighted by Gasteiger charge is 2.54. The van der Waals surface area contributed by atoms with Crippen LogP contribution in [-0.4, -0.2) is 6.71 Å². The molecule has 5 heteroatoms. The molecule has 2 aliphatic heterocycles. The van der Waals surface area contributed by atoms with E-state index in [1.165, 1.54) is 130 Å². The molecule has 2 atom stereocenters. The standard InChI is InChI=1S/C74H78BN3S/c1-46-22-20-21-27-60(46)76(50-25-18-15-19-26-50)52-41-63-66-64(42-52)78(61-32-28-48(69(2,3)4)38-53(61)47-23-16-14-17-24-47)62-33-29-49(70(5,6)7)39-59(62)75(66)68-67(54-43-57-58(44-65(54)79-68)74(13)37-36-73(57,12)45-74)77(63)51-30-31-55-56(40-51)72(10,11)35-34-71(55,8)9/h14-16,18-23,25-33,38-44H,17,24,34-37,45H2,1-13H3. The Morgan fingerprint density at radius 1 is 0.570 bits per heavy atom. The smallest absolute Gasteiger partial charge is 0.264 e. The fraction of sp³-hybridized carbons (Fsp3) is 0.351. The van der Waals surface area contributed by atoms with Crippen molar-refractivity contribution in [3.8, 4) is 0 Å². The molecular weight excluding hydrogens is 974 g/mol. The summed E-state index contributed by atoms with van der Waals surface area (Å²) in [5.41, 5.74) is 27.1. The third kappa shape index (κ3) is 7.71. The van der Waals surface area contributed by atoms with Gasteiger partial charge < -0.3 is 14.7 Å². The molecular formula is C74H78BN3S. The molecule has 79 heavy (non-hydrogen) atoms. The number of aryl methyl sites for hydroxylation is 1. The van der Waals surface area contributed by atoms with Gasteiger partial charge in [0.25, 0.3) is 6.71 Å². The lowest BCUT2D eigenvalue weighted by molar-refractivity contribution is 0.332. The number of anilines is 9. The van der Waals surface area contributed by atoms with E-state index in [2.05, 4.69) is 268 Å². The van der Waals surface area contributed by atoms with Crippen molar-refractivity contribution in [3.63, 3.8) is 0 Å². The molecule has 1 aromatic heterocycles. The van der Waals surface area contributed by atoms with E-state index in [9.17, 15) is 0 Å². The molecule has 8 aromatic rings. The van der Waals surface area contributed by atoms with Gasteiger partial charge in [0, 0.05) is 54.6 Å². The number of hydrogen-bond donors (Lipinski definition) is 0. The predicted molar refractivity (Wildman–Crippen MR) is 343 cm³/mol. The number of thiophene rings is 1. The van der Waals surface area contributed by atoms with Crippen molar-refractivity contribution in [1.29, 1.82) is 0 Å². The van der Waals surface area contributed by atoms with Gasteiger partial charge in [-0.25, -0.2) is 0 Å². The molecule has 0 amide bonds. The lowest BCUT2D eigenvalue weighted by Gasteiger charge is -2.46. The second-order valence-electron chi connectivity index (χ2n) is 28.6. The van der Waals surface area contributed by atoms with Gasteiger partial charge in [0.1, 0.15) is 0 Å². The van der Waals surface area contributed by atoms with Gasteiger partial charge in [0.05, 0.1) is 17.1 Å². The van der Waals surface area contributed by atoms with Gasteiger partial charge in [-0.05, 0) is 213 Å². The van der Waals surface area contributed by atoms with Crippen LogP contribution in [0.25, 0.3) is 15.7 Å². The summed E-state index contributed by atoms with van der Waals surface area (Å²) in [6.45, 7) is 31.6. The molecule has 4 aliphatic carbocycles. The van der Waals surface area contributed by atoms with Crippen LogP contribution in [0.1, 0.15) is 173 Å². The van der Waals surface area contributed by atoms with Crippen LogP contribution in [0, 0.1) is 6.92 Å². The first-order chi connectivity index (χ1) is 37.5. The van der Waals surface area contributed by atoms with E-state index in [4.69, 9.17) is 0 Å². The Balaban J connectivity index is 1.16. The second kappa shape index (κ2) is 17.2. The van der Waals surface area contributed by atoms with Crippen molar-refractivity contribution in [2.75, 3.05) is 14.7 Å². The van der Waals surface area contributed by atoms with E-state index in [0.29, 0.717) is 0 Å². The molecule has 2 bridgehead atoms. The topological polar surface area (TPSA) is 9.72 Å². The Bertz CT molecular complexity index is 3930. The van der Waals surface area contributed by atoms with Gasteiger partial charge >= 0.3 is 0 Å². The first-order valence-corrected chi connectivity index (χ1v) is 30.5. The SMILES string of the molecule is Cc1ccccc1N(c1ccccc1)c1cc2c3c(c1)N(c1ccc4c(c1)C(C)(C)CCC4(C)C)c1c(sc4cc5c(cc14)C1(C)CCC5(C)C1)B3c1cc(C(C)(C)C)ccc1N2c1ccc(C(C)(C)C)cc1C1=CC=CCC1. The van der Waals surface area contributed by atoms with Crippen LogP contribution < -0.4 is 30.4 Å². The quantitative estimate of drug-likeness (QED) is 0.154. The summed E-state index contributed by atoms with van der Waals surface area (Å²) < 4.78 is 2.87. The van der Waals surface area contributed by atoms with Gasteiger partial charge in [-0.15, -0.1) is 11.3 Å². The van der Waals surface area contributed by atoms with E-state index in [0.717, 1.165) is 30.6 Å². The van der Waals surface area contributed by atoms with Crippen LogP contribution in [0.15, 0.2) is 152 Å². The maximum absolute atomic E-state index is 2.78. The fourth-order valence-electron chi connectivity index (χ4n) is 15.5. The number of hydrogen-bond acceptors (Lipinski definition) is 4. The van der Waals surface area contributed by atoms with Crippen molar-refractivity contribution < 1.29 is 0 Å². The van der Waals surface area contributed by atoms with Crippen molar-refractivity contribution >= 4 is 101 Å². The first kappa shape index (κ1) is 50.6. The molecule has 1 saturated carbocycles. The zero-order valence-electron chi connectivity index (χ0n) is 49.2. The van der Waals surface area contributed by atoms with E-state index >= 15 is 0 Å². The molecule has 1 fully saturated rings. The molecule has 0 saturated heterocycles. The molecule has 0 radical (unpaired) electrons. The molecule has 14 rings (SSSR count). The van der Waals surface area contributed by atoms with E-state index in [1.807, 2.05) is 0 Å². The Labute approximate surface area is 476 Å². The van der Waals surface area contributed by atoms with Crippen molar-refractivity contribution in [2.45, 2.75) is 167 Å². The third-order valence-electron chi connectivity index (χ3n) is 20.1. The number of benzene rings is 7. The zero-order valence-corrected chi connectivity index (χ0v) is 50.0. The van der Waals surface area contributed by atoms with E-state index in [1.54, 1.807) is 11.1 Å². The summed E-state index contributed by atoms with van der Waals surface area (Å²) in [5.74, 6) is 0. The van der Waals surface area contributed by atoms with Gasteiger partial charge in [0.15, 0.2) is 0 Å².